The molecule has 26 heavy (non-hydrogen) atoms. The van der Waals surface area contributed by atoms with Gasteiger partial charge in [0.1, 0.15) is 6.54 Å². The first-order valence-electron chi connectivity index (χ1n) is 8.54. The zero-order valence-corrected chi connectivity index (χ0v) is 16.9. The van der Waals surface area contributed by atoms with Crippen molar-refractivity contribution in [3.05, 3.63) is 39.2 Å². The number of rotatable bonds is 8. The Kier molecular flexibility index (Phi) is 7.53. The van der Waals surface area contributed by atoms with Gasteiger partial charge in [-0.2, -0.15) is 0 Å². The third kappa shape index (κ3) is 6.07. The van der Waals surface area contributed by atoms with Crippen molar-refractivity contribution in [3.8, 4) is 11.3 Å². The van der Waals surface area contributed by atoms with Gasteiger partial charge in [-0.3, -0.25) is 9.59 Å². The summed E-state index contributed by atoms with van der Waals surface area (Å²) in [5, 5.41) is 4.67. The molecule has 7 heteroatoms. The van der Waals surface area contributed by atoms with Crippen LogP contribution in [0, 0.1) is 16.8 Å². The second kappa shape index (κ2) is 9.64. The first-order valence-corrected chi connectivity index (χ1v) is 9.83. The lowest BCUT2D eigenvalue weighted by atomic mass is 10.1. The fourth-order valence-corrected chi connectivity index (χ4v) is 3.37. The van der Waals surface area contributed by atoms with Crippen LogP contribution in [-0.2, 0) is 20.9 Å². The van der Waals surface area contributed by atoms with Crippen LogP contribution in [-0.4, -0.2) is 29.6 Å². The van der Waals surface area contributed by atoms with Crippen molar-refractivity contribution in [1.82, 2.24) is 9.88 Å². The highest BCUT2D eigenvalue weighted by molar-refractivity contribution is 7.73. The number of esters is 1. The maximum atomic E-state index is 12.1. The third-order valence-electron chi connectivity index (χ3n) is 3.83. The predicted octanol–water partition coefficient (Wildman–Crippen LogP) is 3.96. The van der Waals surface area contributed by atoms with E-state index < -0.39 is 5.97 Å². The number of hydrogen-bond donors (Lipinski definition) is 1. The van der Waals surface area contributed by atoms with Crippen molar-refractivity contribution in [2.45, 2.75) is 33.7 Å². The van der Waals surface area contributed by atoms with E-state index in [1.165, 1.54) is 11.3 Å². The summed E-state index contributed by atoms with van der Waals surface area (Å²) in [6, 6.07) is 8.02. The van der Waals surface area contributed by atoms with E-state index in [0.29, 0.717) is 16.4 Å². The molecule has 0 fully saturated rings. The van der Waals surface area contributed by atoms with Gasteiger partial charge >= 0.3 is 5.97 Å². The molecule has 1 N–H and O–H groups in total. The highest BCUT2D eigenvalue weighted by atomic mass is 32.1. The summed E-state index contributed by atoms with van der Waals surface area (Å²) >= 11 is 6.73. The Morgan fingerprint density at radius 2 is 1.96 bits per heavy atom. The van der Waals surface area contributed by atoms with Crippen LogP contribution < -0.4 is 5.32 Å². The Hall–Kier alpha value is -1.99. The number of carbonyl (C=O) groups excluding carboxylic acids is 2. The maximum Gasteiger partial charge on any atom is 0.326 e. The van der Waals surface area contributed by atoms with Gasteiger partial charge in [0.05, 0.1) is 5.69 Å². The molecule has 1 heterocycles. The summed E-state index contributed by atoms with van der Waals surface area (Å²) in [4.78, 5) is 23.8. The van der Waals surface area contributed by atoms with Crippen LogP contribution >= 0.6 is 23.6 Å². The number of hydrogen-bond acceptors (Lipinski definition) is 5. The molecule has 2 aromatic rings. The molecule has 0 saturated carbocycles. The summed E-state index contributed by atoms with van der Waals surface area (Å²) in [5.74, 6) is -0.253. The van der Waals surface area contributed by atoms with E-state index in [0.717, 1.165) is 23.2 Å². The van der Waals surface area contributed by atoms with E-state index in [4.69, 9.17) is 17.0 Å². The van der Waals surface area contributed by atoms with E-state index in [2.05, 4.69) is 19.2 Å². The number of nitrogens with one attached hydrogen (secondary N) is 1. The van der Waals surface area contributed by atoms with Crippen LogP contribution in [0.1, 0.15) is 25.8 Å². The smallest absolute Gasteiger partial charge is 0.326 e. The van der Waals surface area contributed by atoms with Gasteiger partial charge in [-0.05, 0) is 37.0 Å². The van der Waals surface area contributed by atoms with E-state index in [-0.39, 0.29) is 19.1 Å². The number of benzene rings is 1. The molecule has 5 nitrogen and oxygen atoms in total. The van der Waals surface area contributed by atoms with Gasteiger partial charge < -0.3 is 14.6 Å². The molecule has 140 valence electrons. The van der Waals surface area contributed by atoms with Gasteiger partial charge in [0.2, 0.25) is 0 Å². The molecule has 0 atom stereocenters. The molecular weight excluding hydrogens is 368 g/mol. The molecular formula is C19H24N2O3S2. The van der Waals surface area contributed by atoms with E-state index in [1.54, 1.807) is 4.57 Å². The van der Waals surface area contributed by atoms with Crippen molar-refractivity contribution in [2.24, 2.45) is 5.92 Å². The van der Waals surface area contributed by atoms with Gasteiger partial charge in [-0.1, -0.05) is 43.7 Å². The summed E-state index contributed by atoms with van der Waals surface area (Å²) in [6.07, 6.45) is 0.893. The number of ether oxygens (including phenoxy) is 1. The molecule has 0 aliphatic carbocycles. The summed E-state index contributed by atoms with van der Waals surface area (Å²) in [6.45, 7) is 6.50. The Bertz CT molecular complexity index is 807. The molecule has 1 amide bonds. The second-order valence-corrected chi connectivity index (χ2v) is 8.04. The van der Waals surface area contributed by atoms with Crippen LogP contribution in [0.15, 0.2) is 29.6 Å². The van der Waals surface area contributed by atoms with E-state index in [9.17, 15) is 9.59 Å². The lowest BCUT2D eigenvalue weighted by Gasteiger charge is -2.10. The van der Waals surface area contributed by atoms with Crippen LogP contribution in [0.4, 0.5) is 0 Å². The summed E-state index contributed by atoms with van der Waals surface area (Å²) in [5.41, 5.74) is 3.03. The van der Waals surface area contributed by atoms with Crippen LogP contribution in [0.5, 0.6) is 0 Å². The Morgan fingerprint density at radius 1 is 1.27 bits per heavy atom. The third-order valence-corrected chi connectivity index (χ3v) is 5.10. The van der Waals surface area contributed by atoms with Gasteiger partial charge in [0.15, 0.2) is 10.6 Å². The molecule has 0 saturated heterocycles. The Labute approximate surface area is 163 Å². The normalized spacial score (nSPS) is 10.8. The minimum atomic E-state index is -0.480. The molecule has 0 aliphatic heterocycles. The number of amides is 1. The second-order valence-electron chi connectivity index (χ2n) is 6.53. The topological polar surface area (TPSA) is 60.3 Å². The molecule has 0 aliphatic rings. The average molecular weight is 393 g/mol. The van der Waals surface area contributed by atoms with Gasteiger partial charge in [-0.15, -0.1) is 11.3 Å². The van der Waals surface area contributed by atoms with Crippen molar-refractivity contribution >= 4 is 35.4 Å². The Morgan fingerprint density at radius 3 is 2.62 bits per heavy atom. The fraction of sp³-hybridized carbons (Fsp3) is 0.421. The van der Waals surface area contributed by atoms with Crippen molar-refractivity contribution in [1.29, 1.82) is 0 Å². The van der Waals surface area contributed by atoms with Crippen LogP contribution in [0.2, 0.25) is 0 Å². The number of nitrogens with zero attached hydrogens (tertiary/aromatic N) is 1. The predicted molar refractivity (Wildman–Crippen MR) is 107 cm³/mol. The quantitative estimate of drug-likeness (QED) is 0.546. The minimum absolute atomic E-state index is 0.00911. The molecule has 0 spiro atoms. The van der Waals surface area contributed by atoms with Gasteiger partial charge in [-0.25, -0.2) is 0 Å². The number of carbonyl (C=O) groups is 2. The first kappa shape index (κ1) is 20.3. The molecule has 2 rings (SSSR count). The van der Waals surface area contributed by atoms with Crippen LogP contribution in [0.25, 0.3) is 11.3 Å². The SMILES string of the molecule is Cc1ccc(-c2csc(=S)n2CC(=O)OCC(=O)NCCC(C)C)cc1. The monoisotopic (exact) mass is 392 g/mol. The number of aryl methyl sites for hydroxylation is 1. The van der Waals surface area contributed by atoms with Crippen molar-refractivity contribution < 1.29 is 14.3 Å². The van der Waals surface area contributed by atoms with Crippen molar-refractivity contribution in [3.63, 3.8) is 0 Å². The first-order chi connectivity index (χ1) is 12.4. The van der Waals surface area contributed by atoms with E-state index >= 15 is 0 Å². The number of aromatic nitrogens is 1. The van der Waals surface area contributed by atoms with Crippen LogP contribution in [0.3, 0.4) is 0 Å². The van der Waals surface area contributed by atoms with Gasteiger partial charge in [0.25, 0.3) is 5.91 Å². The highest BCUT2D eigenvalue weighted by Gasteiger charge is 2.13. The molecule has 0 bridgehead atoms. The average Bonchev–Trinajstić information content (AvgIpc) is 2.94. The maximum absolute atomic E-state index is 12.1. The largest absolute Gasteiger partial charge is 0.454 e. The molecule has 1 aromatic carbocycles. The lowest BCUT2D eigenvalue weighted by molar-refractivity contribution is -0.149. The zero-order valence-electron chi connectivity index (χ0n) is 15.3. The zero-order chi connectivity index (χ0) is 19.1. The molecule has 0 radical (unpaired) electrons. The number of thiazole rings is 1. The Balaban J connectivity index is 1.93. The standard InChI is InChI=1S/C19H24N2O3S2/c1-13(2)8-9-20-17(22)11-24-18(23)10-21-16(12-26-19(21)25)15-6-4-14(3)5-7-15/h4-7,12-13H,8-11H2,1-3H3,(H,20,22). The van der Waals surface area contributed by atoms with E-state index in [1.807, 2.05) is 36.6 Å². The van der Waals surface area contributed by atoms with Crippen molar-refractivity contribution in [2.75, 3.05) is 13.2 Å². The summed E-state index contributed by atoms with van der Waals surface area (Å²) < 4.78 is 7.42. The van der Waals surface area contributed by atoms with Gasteiger partial charge in [0, 0.05) is 11.9 Å². The summed E-state index contributed by atoms with van der Waals surface area (Å²) in [7, 11) is 0. The fourth-order valence-electron chi connectivity index (χ4n) is 2.30. The molecule has 1 aromatic heterocycles. The lowest BCUT2D eigenvalue weighted by Crippen LogP contribution is -2.30. The minimum Gasteiger partial charge on any atom is -0.454 e. The highest BCUT2D eigenvalue weighted by Crippen LogP contribution is 2.24. The molecule has 0 unspecified atom stereocenters.